The molecule has 0 heterocycles. The second-order valence-electron chi connectivity index (χ2n) is 7.82. The highest BCUT2D eigenvalue weighted by molar-refractivity contribution is 4.92. The summed E-state index contributed by atoms with van der Waals surface area (Å²) in [4.78, 5) is 2.60. The minimum atomic E-state index is 0.285. The molecule has 3 N–H and O–H groups in total. The fourth-order valence-electron chi connectivity index (χ4n) is 3.95. The summed E-state index contributed by atoms with van der Waals surface area (Å²) in [5.41, 5.74) is 6.50. The van der Waals surface area contributed by atoms with Gasteiger partial charge < -0.3 is 10.8 Å². The van der Waals surface area contributed by atoms with Gasteiger partial charge in [-0.3, -0.25) is 4.90 Å². The lowest BCUT2D eigenvalue weighted by Crippen LogP contribution is -2.51. The van der Waals surface area contributed by atoms with Crippen LogP contribution in [0.1, 0.15) is 66.7 Å². The molecule has 0 aromatic rings. The minimum absolute atomic E-state index is 0.285. The number of aliphatic hydroxyl groups excluding tert-OH is 1. The van der Waals surface area contributed by atoms with E-state index in [9.17, 15) is 5.11 Å². The van der Waals surface area contributed by atoms with Crippen LogP contribution in [-0.2, 0) is 0 Å². The van der Waals surface area contributed by atoms with Crippen molar-refractivity contribution < 1.29 is 5.11 Å². The molecule has 21 heavy (non-hydrogen) atoms. The van der Waals surface area contributed by atoms with Gasteiger partial charge in [0.1, 0.15) is 0 Å². The van der Waals surface area contributed by atoms with E-state index < -0.39 is 0 Å². The Kier molecular flexibility index (Phi) is 7.66. The normalized spacial score (nSPS) is 27.6. The summed E-state index contributed by atoms with van der Waals surface area (Å²) in [5, 5.41) is 9.19. The molecule has 0 bridgehead atoms. The molecular weight excluding hydrogens is 260 g/mol. The Bertz CT molecular complexity index is 291. The zero-order valence-corrected chi connectivity index (χ0v) is 14.9. The first kappa shape index (κ1) is 18.9. The third kappa shape index (κ3) is 4.94. The molecule has 1 aliphatic carbocycles. The highest BCUT2D eigenvalue weighted by Crippen LogP contribution is 2.43. The lowest BCUT2D eigenvalue weighted by Gasteiger charge is -2.48. The quantitative estimate of drug-likeness (QED) is 0.723. The van der Waals surface area contributed by atoms with Crippen molar-refractivity contribution in [1.29, 1.82) is 0 Å². The molecule has 1 saturated carbocycles. The highest BCUT2D eigenvalue weighted by Gasteiger charge is 2.39. The summed E-state index contributed by atoms with van der Waals surface area (Å²) in [6.45, 7) is 13.8. The first-order chi connectivity index (χ1) is 9.87. The van der Waals surface area contributed by atoms with E-state index in [2.05, 4.69) is 39.5 Å². The lowest BCUT2D eigenvalue weighted by atomic mass is 9.65. The molecule has 3 unspecified atom stereocenters. The molecule has 0 aromatic carbocycles. The Balaban J connectivity index is 2.85. The Labute approximate surface area is 132 Å². The van der Waals surface area contributed by atoms with Gasteiger partial charge >= 0.3 is 0 Å². The molecular formula is C18H38N2O. The van der Waals surface area contributed by atoms with Gasteiger partial charge in [0.05, 0.1) is 0 Å². The topological polar surface area (TPSA) is 49.5 Å². The summed E-state index contributed by atoms with van der Waals surface area (Å²) in [5.74, 6) is 1.42. The van der Waals surface area contributed by atoms with Crippen molar-refractivity contribution in [2.75, 3.05) is 19.7 Å². The Morgan fingerprint density at radius 2 is 1.95 bits per heavy atom. The van der Waals surface area contributed by atoms with Crippen LogP contribution in [0.4, 0.5) is 0 Å². The van der Waals surface area contributed by atoms with Gasteiger partial charge in [0.2, 0.25) is 0 Å². The van der Waals surface area contributed by atoms with Gasteiger partial charge in [0.15, 0.2) is 0 Å². The average Bonchev–Trinajstić information content (AvgIpc) is 2.47. The smallest absolute Gasteiger partial charge is 0.0443 e. The molecule has 0 radical (unpaired) electrons. The predicted octanol–water partition coefficient (Wildman–Crippen LogP) is 3.26. The Hall–Kier alpha value is -0.120. The number of aliphatic hydroxyl groups is 1. The van der Waals surface area contributed by atoms with E-state index in [1.807, 2.05) is 0 Å². The summed E-state index contributed by atoms with van der Waals surface area (Å²) in [6.07, 6.45) is 5.97. The second kappa shape index (κ2) is 8.50. The second-order valence-corrected chi connectivity index (χ2v) is 7.82. The zero-order chi connectivity index (χ0) is 16.0. The van der Waals surface area contributed by atoms with Crippen molar-refractivity contribution in [3.63, 3.8) is 0 Å². The summed E-state index contributed by atoms with van der Waals surface area (Å²) in [7, 11) is 0. The molecule has 126 valence electrons. The molecule has 3 nitrogen and oxygen atoms in total. The molecule has 1 rings (SSSR count). The van der Waals surface area contributed by atoms with Gasteiger partial charge in [-0.15, -0.1) is 0 Å². The van der Waals surface area contributed by atoms with Gasteiger partial charge in [-0.1, -0.05) is 27.2 Å². The monoisotopic (exact) mass is 298 g/mol. The van der Waals surface area contributed by atoms with Gasteiger partial charge in [-0.05, 0) is 63.3 Å². The van der Waals surface area contributed by atoms with Gasteiger partial charge in [-0.25, -0.2) is 0 Å². The van der Waals surface area contributed by atoms with Crippen LogP contribution in [-0.4, -0.2) is 41.8 Å². The zero-order valence-electron chi connectivity index (χ0n) is 14.9. The van der Waals surface area contributed by atoms with E-state index in [0.717, 1.165) is 25.4 Å². The van der Waals surface area contributed by atoms with E-state index in [1.165, 1.54) is 25.7 Å². The Morgan fingerprint density at radius 3 is 2.43 bits per heavy atom. The van der Waals surface area contributed by atoms with Crippen molar-refractivity contribution in [3.8, 4) is 0 Å². The van der Waals surface area contributed by atoms with Crippen LogP contribution in [0.25, 0.3) is 0 Å². The van der Waals surface area contributed by atoms with Crippen LogP contribution in [0.2, 0.25) is 0 Å². The van der Waals surface area contributed by atoms with Gasteiger partial charge in [0.25, 0.3) is 0 Å². The maximum Gasteiger partial charge on any atom is 0.0443 e. The van der Waals surface area contributed by atoms with Crippen LogP contribution in [0.15, 0.2) is 0 Å². The standard InChI is InChI=1S/C18H38N2O/c1-6-18(4,5)16-9-8-15(13-19)17(12-16)20(14(2)3)10-7-11-21/h14-17,21H,6-13,19H2,1-5H3. The van der Waals surface area contributed by atoms with Crippen LogP contribution in [0, 0.1) is 17.3 Å². The van der Waals surface area contributed by atoms with Gasteiger partial charge in [-0.2, -0.15) is 0 Å². The van der Waals surface area contributed by atoms with Crippen molar-refractivity contribution in [2.24, 2.45) is 23.0 Å². The molecule has 1 aliphatic rings. The molecule has 1 fully saturated rings. The third-order valence-corrected chi connectivity index (χ3v) is 5.94. The van der Waals surface area contributed by atoms with Crippen LogP contribution in [0.5, 0.6) is 0 Å². The molecule has 0 amide bonds. The van der Waals surface area contributed by atoms with Crippen molar-refractivity contribution in [3.05, 3.63) is 0 Å². The number of nitrogens with zero attached hydrogens (tertiary/aromatic N) is 1. The van der Waals surface area contributed by atoms with Crippen LogP contribution in [0.3, 0.4) is 0 Å². The summed E-state index contributed by atoms with van der Waals surface area (Å²) >= 11 is 0. The third-order valence-electron chi connectivity index (χ3n) is 5.94. The maximum absolute atomic E-state index is 9.19. The highest BCUT2D eigenvalue weighted by atomic mass is 16.3. The van der Waals surface area contributed by atoms with Crippen LogP contribution >= 0.6 is 0 Å². The van der Waals surface area contributed by atoms with Gasteiger partial charge in [0, 0.05) is 25.2 Å². The Morgan fingerprint density at radius 1 is 1.29 bits per heavy atom. The summed E-state index contributed by atoms with van der Waals surface area (Å²) in [6, 6.07) is 1.12. The van der Waals surface area contributed by atoms with Crippen LogP contribution < -0.4 is 5.73 Å². The van der Waals surface area contributed by atoms with E-state index >= 15 is 0 Å². The van der Waals surface area contributed by atoms with Crippen molar-refractivity contribution in [2.45, 2.75) is 78.8 Å². The molecule has 0 aromatic heterocycles. The fourth-order valence-corrected chi connectivity index (χ4v) is 3.95. The van der Waals surface area contributed by atoms with E-state index in [0.29, 0.717) is 23.4 Å². The summed E-state index contributed by atoms with van der Waals surface area (Å²) < 4.78 is 0. The maximum atomic E-state index is 9.19. The SMILES string of the molecule is CCC(C)(C)C1CCC(CN)C(N(CCCO)C(C)C)C1. The molecule has 0 saturated heterocycles. The number of rotatable bonds is 8. The first-order valence-electron chi connectivity index (χ1n) is 8.94. The average molecular weight is 299 g/mol. The van der Waals surface area contributed by atoms with E-state index in [4.69, 9.17) is 5.73 Å². The number of hydrogen-bond donors (Lipinski definition) is 2. The minimum Gasteiger partial charge on any atom is -0.396 e. The van der Waals surface area contributed by atoms with E-state index in [-0.39, 0.29) is 6.61 Å². The molecule has 0 spiro atoms. The van der Waals surface area contributed by atoms with Crippen molar-refractivity contribution >= 4 is 0 Å². The number of nitrogens with two attached hydrogens (primary N) is 1. The molecule has 0 aliphatic heterocycles. The lowest BCUT2D eigenvalue weighted by molar-refractivity contribution is 0.0191. The largest absolute Gasteiger partial charge is 0.396 e. The fraction of sp³-hybridized carbons (Fsp3) is 1.00. The first-order valence-corrected chi connectivity index (χ1v) is 8.94. The predicted molar refractivity (Wildman–Crippen MR) is 91.3 cm³/mol. The van der Waals surface area contributed by atoms with E-state index in [1.54, 1.807) is 0 Å². The van der Waals surface area contributed by atoms with Crippen molar-refractivity contribution in [1.82, 2.24) is 4.90 Å². The number of hydrogen-bond acceptors (Lipinski definition) is 3. The molecule has 3 atom stereocenters. The molecule has 3 heteroatoms.